The Morgan fingerprint density at radius 1 is 0.623 bits per heavy atom. The minimum absolute atomic E-state index is 0.0299. The quantitative estimate of drug-likeness (QED) is 0.0499. The van der Waals surface area contributed by atoms with Gasteiger partial charge in [0.25, 0.3) is 0 Å². The number of unbranched alkanes of at least 4 members (excludes halogenated alkanes) is 1. The number of phenols is 1. The number of carbonyl (C=O) groups is 8. The fourth-order valence-electron chi connectivity index (χ4n) is 6.32. The topological polar surface area (TPSA) is 327 Å². The van der Waals surface area contributed by atoms with Crippen LogP contribution < -0.4 is 49.1 Å². The highest BCUT2D eigenvalue weighted by molar-refractivity contribution is 5.97. The van der Waals surface area contributed by atoms with Crippen molar-refractivity contribution in [3.63, 3.8) is 0 Å². The van der Waals surface area contributed by atoms with Crippen molar-refractivity contribution in [2.75, 3.05) is 6.54 Å². The van der Waals surface area contributed by atoms with Crippen LogP contribution in [-0.4, -0.2) is 106 Å². The van der Waals surface area contributed by atoms with Crippen molar-refractivity contribution in [3.8, 4) is 5.75 Å². The number of carbonyl (C=O) groups excluding carboxylic acids is 7. The van der Waals surface area contributed by atoms with E-state index in [2.05, 4.69) is 31.9 Å². The molecule has 1 aromatic rings. The summed E-state index contributed by atoms with van der Waals surface area (Å²) >= 11 is 0. The van der Waals surface area contributed by atoms with Gasteiger partial charge >= 0.3 is 5.97 Å². The highest BCUT2D eigenvalue weighted by atomic mass is 16.4. The van der Waals surface area contributed by atoms with Crippen LogP contribution in [0.15, 0.2) is 24.3 Å². The van der Waals surface area contributed by atoms with Crippen LogP contribution in [-0.2, 0) is 44.8 Å². The van der Waals surface area contributed by atoms with E-state index in [1.165, 1.54) is 12.1 Å². The largest absolute Gasteiger partial charge is 0.508 e. The summed E-state index contributed by atoms with van der Waals surface area (Å²) in [5.41, 5.74) is 17.5. The lowest BCUT2D eigenvalue weighted by atomic mass is 9.95. The first-order valence-corrected chi connectivity index (χ1v) is 21.1. The molecule has 0 saturated carbocycles. The molecular weight excluding hydrogens is 791 g/mol. The van der Waals surface area contributed by atoms with E-state index >= 15 is 0 Å². The molecule has 344 valence electrons. The van der Waals surface area contributed by atoms with Crippen LogP contribution in [0.4, 0.5) is 0 Å². The maximum absolute atomic E-state index is 14.1. The number of hydrogen-bond acceptors (Lipinski definition) is 11. The molecule has 1 rings (SSSR count). The molecular formula is C42H71N9O10. The number of benzene rings is 1. The zero-order valence-corrected chi connectivity index (χ0v) is 36.9. The molecule has 0 bridgehead atoms. The SMILES string of the molecule is CC[C@H](C)[C@H](NC(=O)[C@H](CCC(N)=O)NC(=O)[C@@H](NC(=O)[C@@H](N)CC(C)C)C(C)C)C(=O)N[C@H](C(=O)N[C@@H](Cc1ccc(O)cc1)C(=O)N[C@@H](CCCCN)C(=O)O)C(C)C. The molecule has 19 heteroatoms. The standard InChI is InChI=1S/C42H71N9O10/c1-9-25(8)35(51-37(55)29(17-18-32(45)53)46-39(57)33(23(4)5)49-36(54)28(44)20-22(2)3)41(59)50-34(24(6)7)40(58)48-31(21-26-13-15-27(52)16-14-26)38(56)47-30(42(60)61)12-10-11-19-43/h13-16,22-25,28-31,33-35,52H,9-12,17-21,43-44H2,1-8H3,(H2,45,53)(H,46,57)(H,47,56)(H,48,58)(H,49,54)(H,50,59)(H,51,55)(H,60,61)/t25-,28-,29-,30-,31-,33-,34-,35-/m0/s1. The molecule has 14 N–H and O–H groups in total. The smallest absolute Gasteiger partial charge is 0.326 e. The third-order valence-corrected chi connectivity index (χ3v) is 10.2. The highest BCUT2D eigenvalue weighted by Gasteiger charge is 2.36. The highest BCUT2D eigenvalue weighted by Crippen LogP contribution is 2.15. The van der Waals surface area contributed by atoms with Gasteiger partial charge in [-0.3, -0.25) is 33.6 Å². The molecule has 8 atom stereocenters. The second kappa shape index (κ2) is 26.8. The van der Waals surface area contributed by atoms with Gasteiger partial charge in [-0.2, -0.15) is 0 Å². The molecule has 1 aromatic carbocycles. The van der Waals surface area contributed by atoms with Crippen molar-refractivity contribution < 1.29 is 48.6 Å². The number of aromatic hydroxyl groups is 1. The van der Waals surface area contributed by atoms with Gasteiger partial charge in [-0.15, -0.1) is 0 Å². The number of phenolic OH excluding ortho intramolecular Hbond substituents is 1. The molecule has 0 radical (unpaired) electrons. The van der Waals surface area contributed by atoms with Crippen molar-refractivity contribution in [2.45, 2.75) is 149 Å². The first-order valence-electron chi connectivity index (χ1n) is 21.1. The summed E-state index contributed by atoms with van der Waals surface area (Å²) in [6.45, 7) is 14.3. The van der Waals surface area contributed by atoms with Crippen molar-refractivity contribution >= 4 is 47.3 Å². The summed E-state index contributed by atoms with van der Waals surface area (Å²) in [6.07, 6.45) is 1.20. The lowest BCUT2D eigenvalue weighted by Crippen LogP contribution is -2.62. The summed E-state index contributed by atoms with van der Waals surface area (Å²) in [7, 11) is 0. The first kappa shape index (κ1) is 53.7. The lowest BCUT2D eigenvalue weighted by molar-refractivity contribution is -0.142. The maximum Gasteiger partial charge on any atom is 0.326 e. The van der Waals surface area contributed by atoms with Crippen LogP contribution in [0.1, 0.15) is 106 Å². The summed E-state index contributed by atoms with van der Waals surface area (Å²) < 4.78 is 0. The number of amides is 7. The molecule has 0 aromatic heterocycles. The van der Waals surface area contributed by atoms with Gasteiger partial charge in [0, 0.05) is 12.8 Å². The van der Waals surface area contributed by atoms with Gasteiger partial charge in [0.05, 0.1) is 6.04 Å². The Hall–Kier alpha value is -5.30. The summed E-state index contributed by atoms with van der Waals surface area (Å²) in [4.78, 5) is 106. The number of carboxylic acid groups (broad SMARTS) is 1. The Balaban J connectivity index is 3.40. The molecule has 7 amide bonds. The molecule has 0 aliphatic heterocycles. The number of hydrogen-bond donors (Lipinski definition) is 11. The maximum atomic E-state index is 14.1. The molecule has 0 unspecified atom stereocenters. The van der Waals surface area contributed by atoms with Gasteiger partial charge in [0.2, 0.25) is 41.4 Å². The molecule has 0 spiro atoms. The van der Waals surface area contributed by atoms with Crippen LogP contribution in [0.5, 0.6) is 5.75 Å². The minimum atomic E-state index is -1.37. The number of nitrogens with two attached hydrogens (primary N) is 3. The average Bonchev–Trinajstić information content (AvgIpc) is 3.18. The van der Waals surface area contributed by atoms with Crippen LogP contribution in [0.3, 0.4) is 0 Å². The number of aliphatic carboxylic acids is 1. The van der Waals surface area contributed by atoms with Gasteiger partial charge in [-0.25, -0.2) is 4.79 Å². The Bertz CT molecular complexity index is 1620. The van der Waals surface area contributed by atoms with Gasteiger partial charge in [0.1, 0.15) is 42.0 Å². The second-order valence-electron chi connectivity index (χ2n) is 16.8. The van der Waals surface area contributed by atoms with Crippen LogP contribution in [0.25, 0.3) is 0 Å². The lowest BCUT2D eigenvalue weighted by Gasteiger charge is -2.31. The predicted octanol–water partition coefficient (Wildman–Crippen LogP) is 0.0541. The van der Waals surface area contributed by atoms with E-state index in [0.717, 1.165) is 0 Å². The predicted molar refractivity (Wildman–Crippen MR) is 229 cm³/mol. The zero-order valence-electron chi connectivity index (χ0n) is 36.9. The van der Waals surface area contributed by atoms with Crippen molar-refractivity contribution in [3.05, 3.63) is 29.8 Å². The Morgan fingerprint density at radius 3 is 1.57 bits per heavy atom. The van der Waals surface area contributed by atoms with E-state index in [0.29, 0.717) is 37.8 Å². The van der Waals surface area contributed by atoms with E-state index in [1.54, 1.807) is 53.7 Å². The van der Waals surface area contributed by atoms with E-state index < -0.39 is 107 Å². The Morgan fingerprint density at radius 2 is 1.10 bits per heavy atom. The molecule has 0 heterocycles. The van der Waals surface area contributed by atoms with Crippen molar-refractivity contribution in [2.24, 2.45) is 40.9 Å². The van der Waals surface area contributed by atoms with E-state index in [-0.39, 0.29) is 37.4 Å². The second-order valence-corrected chi connectivity index (χ2v) is 16.8. The summed E-state index contributed by atoms with van der Waals surface area (Å²) in [5, 5.41) is 35.4. The van der Waals surface area contributed by atoms with E-state index in [1.807, 2.05) is 13.8 Å². The average molecular weight is 862 g/mol. The Labute approximate surface area is 359 Å². The first-order chi connectivity index (χ1) is 28.5. The minimum Gasteiger partial charge on any atom is -0.508 e. The fourth-order valence-corrected chi connectivity index (χ4v) is 6.32. The molecule has 0 fully saturated rings. The fraction of sp³-hybridized carbons (Fsp3) is 0.667. The van der Waals surface area contributed by atoms with Gasteiger partial charge < -0.3 is 59.3 Å². The third-order valence-electron chi connectivity index (χ3n) is 10.2. The van der Waals surface area contributed by atoms with Gasteiger partial charge in [0.15, 0.2) is 0 Å². The summed E-state index contributed by atoms with van der Waals surface area (Å²) in [5.74, 6) is -7.84. The monoisotopic (exact) mass is 862 g/mol. The Kier molecular flexibility index (Phi) is 23.6. The number of primary amides is 1. The molecule has 61 heavy (non-hydrogen) atoms. The van der Waals surface area contributed by atoms with E-state index in [9.17, 15) is 48.6 Å². The molecule has 19 nitrogen and oxygen atoms in total. The number of nitrogens with one attached hydrogen (secondary N) is 6. The van der Waals surface area contributed by atoms with Crippen molar-refractivity contribution in [1.29, 1.82) is 0 Å². The molecule has 0 aliphatic rings. The molecule has 0 saturated heterocycles. The number of rotatable bonds is 28. The normalized spacial score (nSPS) is 15.3. The number of carboxylic acids is 1. The van der Waals surface area contributed by atoms with Crippen LogP contribution in [0.2, 0.25) is 0 Å². The third kappa shape index (κ3) is 19.3. The summed E-state index contributed by atoms with van der Waals surface area (Å²) in [6, 6.07) is -2.55. The van der Waals surface area contributed by atoms with E-state index in [4.69, 9.17) is 17.2 Å². The van der Waals surface area contributed by atoms with Gasteiger partial charge in [-0.1, -0.05) is 73.9 Å². The van der Waals surface area contributed by atoms with Crippen LogP contribution >= 0.6 is 0 Å². The molecule has 0 aliphatic carbocycles. The van der Waals surface area contributed by atoms with Gasteiger partial charge in [-0.05, 0) is 80.0 Å². The zero-order chi connectivity index (χ0) is 46.6. The van der Waals surface area contributed by atoms with Crippen LogP contribution in [0, 0.1) is 23.7 Å². The van der Waals surface area contributed by atoms with Crippen molar-refractivity contribution in [1.82, 2.24) is 31.9 Å².